The molecule has 0 spiro atoms. The minimum Gasteiger partial charge on any atom is -0.339 e. The van der Waals surface area contributed by atoms with Crippen LogP contribution in [0.5, 0.6) is 0 Å². The number of aromatic nitrogens is 2. The SMILES string of the molecule is CCc1c2cccnc2c(C(C)C)n1N. The molecule has 15 heavy (non-hydrogen) atoms. The largest absolute Gasteiger partial charge is 0.339 e. The molecule has 0 bridgehead atoms. The van der Waals surface area contributed by atoms with Gasteiger partial charge in [-0.2, -0.15) is 0 Å². The van der Waals surface area contributed by atoms with Crippen LogP contribution in [-0.2, 0) is 6.42 Å². The maximum atomic E-state index is 6.10. The Hall–Kier alpha value is -1.51. The number of hydrogen-bond donors (Lipinski definition) is 1. The van der Waals surface area contributed by atoms with Crippen LogP contribution in [0.1, 0.15) is 38.1 Å². The third kappa shape index (κ3) is 1.39. The smallest absolute Gasteiger partial charge is 0.0937 e. The van der Waals surface area contributed by atoms with Crippen LogP contribution in [0, 0.1) is 0 Å². The Kier molecular flexibility index (Phi) is 2.39. The number of nitrogens with two attached hydrogens (primary N) is 1. The summed E-state index contributed by atoms with van der Waals surface area (Å²) < 4.78 is 1.81. The zero-order valence-electron chi connectivity index (χ0n) is 9.49. The van der Waals surface area contributed by atoms with Gasteiger partial charge in [0.1, 0.15) is 0 Å². The molecule has 2 rings (SSSR count). The first-order valence-corrected chi connectivity index (χ1v) is 5.40. The molecule has 0 radical (unpaired) electrons. The first kappa shape index (κ1) is 10.0. The third-order valence-corrected chi connectivity index (χ3v) is 2.79. The van der Waals surface area contributed by atoms with Crippen molar-refractivity contribution in [3.05, 3.63) is 29.7 Å². The highest BCUT2D eigenvalue weighted by Crippen LogP contribution is 2.28. The highest BCUT2D eigenvalue weighted by molar-refractivity contribution is 5.85. The molecule has 0 saturated heterocycles. The Morgan fingerprint density at radius 1 is 1.47 bits per heavy atom. The van der Waals surface area contributed by atoms with E-state index in [2.05, 4.69) is 31.8 Å². The number of nitrogens with zero attached hydrogens (tertiary/aromatic N) is 2. The predicted octanol–water partition coefficient (Wildman–Crippen LogP) is 2.44. The molecule has 0 saturated carbocycles. The van der Waals surface area contributed by atoms with Gasteiger partial charge in [0, 0.05) is 17.3 Å². The van der Waals surface area contributed by atoms with Crippen molar-refractivity contribution in [3.63, 3.8) is 0 Å². The van der Waals surface area contributed by atoms with Crippen molar-refractivity contribution < 1.29 is 0 Å². The summed E-state index contributed by atoms with van der Waals surface area (Å²) >= 11 is 0. The van der Waals surface area contributed by atoms with Crippen LogP contribution < -0.4 is 5.84 Å². The second-order valence-corrected chi connectivity index (χ2v) is 4.11. The molecular weight excluding hydrogens is 186 g/mol. The van der Waals surface area contributed by atoms with Gasteiger partial charge in [-0.05, 0) is 24.5 Å². The first-order chi connectivity index (χ1) is 7.16. The first-order valence-electron chi connectivity index (χ1n) is 5.40. The van der Waals surface area contributed by atoms with E-state index in [1.807, 2.05) is 16.9 Å². The van der Waals surface area contributed by atoms with Crippen LogP contribution in [0.3, 0.4) is 0 Å². The molecule has 0 amide bonds. The van der Waals surface area contributed by atoms with Crippen LogP contribution >= 0.6 is 0 Å². The lowest BCUT2D eigenvalue weighted by atomic mass is 10.1. The summed E-state index contributed by atoms with van der Waals surface area (Å²) in [4.78, 5) is 4.43. The van der Waals surface area contributed by atoms with Crippen molar-refractivity contribution in [1.29, 1.82) is 0 Å². The van der Waals surface area contributed by atoms with E-state index in [1.54, 1.807) is 0 Å². The van der Waals surface area contributed by atoms with Gasteiger partial charge in [0.2, 0.25) is 0 Å². The average molecular weight is 203 g/mol. The Bertz CT molecular complexity index is 483. The second-order valence-electron chi connectivity index (χ2n) is 4.11. The quantitative estimate of drug-likeness (QED) is 0.762. The number of rotatable bonds is 2. The van der Waals surface area contributed by atoms with Gasteiger partial charge in [-0.15, -0.1) is 0 Å². The third-order valence-electron chi connectivity index (χ3n) is 2.79. The van der Waals surface area contributed by atoms with E-state index in [4.69, 9.17) is 5.84 Å². The summed E-state index contributed by atoms with van der Waals surface area (Å²) in [6.45, 7) is 6.41. The second kappa shape index (κ2) is 3.57. The molecule has 3 nitrogen and oxygen atoms in total. The molecule has 2 N–H and O–H groups in total. The molecule has 0 aliphatic carbocycles. The highest BCUT2D eigenvalue weighted by Gasteiger charge is 2.16. The maximum absolute atomic E-state index is 6.10. The maximum Gasteiger partial charge on any atom is 0.0937 e. The molecule has 0 atom stereocenters. The Labute approximate surface area is 89.9 Å². The Balaban J connectivity index is 2.85. The van der Waals surface area contributed by atoms with E-state index in [9.17, 15) is 0 Å². The van der Waals surface area contributed by atoms with Crippen molar-refractivity contribution >= 4 is 10.9 Å². The normalized spacial score (nSPS) is 11.5. The van der Waals surface area contributed by atoms with Gasteiger partial charge in [0.15, 0.2) is 0 Å². The lowest BCUT2D eigenvalue weighted by Gasteiger charge is -2.08. The fourth-order valence-corrected chi connectivity index (χ4v) is 2.14. The van der Waals surface area contributed by atoms with Gasteiger partial charge in [0.25, 0.3) is 0 Å². The number of hydrogen-bond acceptors (Lipinski definition) is 2. The molecule has 0 aliphatic heterocycles. The van der Waals surface area contributed by atoms with Gasteiger partial charge in [0.05, 0.1) is 11.2 Å². The number of pyridine rings is 1. The zero-order chi connectivity index (χ0) is 11.0. The lowest BCUT2D eigenvalue weighted by Crippen LogP contribution is -2.16. The van der Waals surface area contributed by atoms with E-state index in [0.717, 1.165) is 17.6 Å². The summed E-state index contributed by atoms with van der Waals surface area (Å²) in [5.41, 5.74) is 3.34. The summed E-state index contributed by atoms with van der Waals surface area (Å²) in [5.74, 6) is 6.50. The van der Waals surface area contributed by atoms with Crippen LogP contribution in [-0.4, -0.2) is 9.66 Å². The molecule has 0 aromatic carbocycles. The summed E-state index contributed by atoms with van der Waals surface area (Å²) in [6.07, 6.45) is 2.76. The molecule has 2 heterocycles. The summed E-state index contributed by atoms with van der Waals surface area (Å²) in [7, 11) is 0. The molecule has 2 aromatic heterocycles. The van der Waals surface area contributed by atoms with Crippen LogP contribution in [0.15, 0.2) is 18.3 Å². The van der Waals surface area contributed by atoms with E-state index in [-0.39, 0.29) is 0 Å². The van der Waals surface area contributed by atoms with Crippen molar-refractivity contribution in [3.8, 4) is 0 Å². The van der Waals surface area contributed by atoms with E-state index in [1.165, 1.54) is 11.1 Å². The predicted molar refractivity (Wildman–Crippen MR) is 63.4 cm³/mol. The fraction of sp³-hybridized carbons (Fsp3) is 0.417. The average Bonchev–Trinajstić information content (AvgIpc) is 2.49. The molecule has 0 aliphatic rings. The Morgan fingerprint density at radius 2 is 2.20 bits per heavy atom. The van der Waals surface area contributed by atoms with Crippen molar-refractivity contribution in [1.82, 2.24) is 9.66 Å². The van der Waals surface area contributed by atoms with E-state index >= 15 is 0 Å². The monoisotopic (exact) mass is 203 g/mol. The van der Waals surface area contributed by atoms with Gasteiger partial charge in [-0.1, -0.05) is 20.8 Å². The molecule has 80 valence electrons. The standard InChI is InChI=1S/C12H17N3/c1-4-10-9-6-5-7-14-11(9)12(8(2)3)15(10)13/h5-8H,4,13H2,1-3H3. The molecule has 0 unspecified atom stereocenters. The number of nitrogen functional groups attached to an aromatic ring is 1. The van der Waals surface area contributed by atoms with Crippen molar-refractivity contribution in [2.24, 2.45) is 0 Å². The van der Waals surface area contributed by atoms with Gasteiger partial charge in [-0.25, -0.2) is 0 Å². The van der Waals surface area contributed by atoms with Gasteiger partial charge >= 0.3 is 0 Å². The minimum atomic E-state index is 0.396. The molecule has 2 aromatic rings. The fourth-order valence-electron chi connectivity index (χ4n) is 2.14. The number of aryl methyl sites for hydroxylation is 1. The summed E-state index contributed by atoms with van der Waals surface area (Å²) in [6, 6.07) is 4.06. The van der Waals surface area contributed by atoms with Gasteiger partial charge < -0.3 is 5.84 Å². The van der Waals surface area contributed by atoms with E-state index in [0.29, 0.717) is 5.92 Å². The van der Waals surface area contributed by atoms with Crippen molar-refractivity contribution in [2.45, 2.75) is 33.1 Å². The Morgan fingerprint density at radius 3 is 2.80 bits per heavy atom. The molecular formula is C12H17N3. The van der Waals surface area contributed by atoms with Crippen molar-refractivity contribution in [2.75, 3.05) is 5.84 Å². The van der Waals surface area contributed by atoms with Crippen LogP contribution in [0.4, 0.5) is 0 Å². The van der Waals surface area contributed by atoms with Gasteiger partial charge in [-0.3, -0.25) is 9.66 Å². The van der Waals surface area contributed by atoms with E-state index < -0.39 is 0 Å². The molecule has 0 fully saturated rings. The van der Waals surface area contributed by atoms with Crippen LogP contribution in [0.2, 0.25) is 0 Å². The lowest BCUT2D eigenvalue weighted by molar-refractivity contribution is 0.750. The topological polar surface area (TPSA) is 43.8 Å². The zero-order valence-corrected chi connectivity index (χ0v) is 9.49. The summed E-state index contributed by atoms with van der Waals surface area (Å²) in [5, 5.41) is 1.19. The number of fused-ring (bicyclic) bond motifs is 1. The van der Waals surface area contributed by atoms with Crippen LogP contribution in [0.25, 0.3) is 10.9 Å². The molecule has 3 heteroatoms. The minimum absolute atomic E-state index is 0.396. The highest BCUT2D eigenvalue weighted by atomic mass is 15.3.